The van der Waals surface area contributed by atoms with Crippen LogP contribution in [0.2, 0.25) is 0 Å². The number of nitrogens with zero attached hydrogens (tertiary/aromatic N) is 1. The molecule has 1 saturated carbocycles. The fraction of sp³-hybridized carbons (Fsp3) is 0.571. The quantitative estimate of drug-likeness (QED) is 0.829. The summed E-state index contributed by atoms with van der Waals surface area (Å²) in [6.07, 6.45) is 3.67. The summed E-state index contributed by atoms with van der Waals surface area (Å²) in [5, 5.41) is 0. The molecule has 0 bridgehead atoms. The number of hydrogen-bond acceptors (Lipinski definition) is 4. The SMILES string of the molecule is COc1ccc(S(=O)(=O)N(CCCN)C2CCC2)cc1. The zero-order chi connectivity index (χ0) is 14.6. The molecule has 1 aromatic rings. The Hall–Kier alpha value is -1.11. The highest BCUT2D eigenvalue weighted by Crippen LogP contribution is 2.30. The molecule has 0 aromatic heterocycles. The van der Waals surface area contributed by atoms with Crippen molar-refractivity contribution in [2.75, 3.05) is 20.2 Å². The molecule has 1 fully saturated rings. The summed E-state index contributed by atoms with van der Waals surface area (Å²) in [7, 11) is -1.88. The number of sulfonamides is 1. The minimum Gasteiger partial charge on any atom is -0.497 e. The average molecular weight is 298 g/mol. The van der Waals surface area contributed by atoms with Gasteiger partial charge in [0.15, 0.2) is 0 Å². The van der Waals surface area contributed by atoms with Crippen LogP contribution in [-0.2, 0) is 10.0 Å². The molecule has 0 radical (unpaired) electrons. The molecule has 1 aliphatic carbocycles. The molecule has 2 rings (SSSR count). The summed E-state index contributed by atoms with van der Waals surface area (Å²) in [6.45, 7) is 0.997. The molecule has 0 saturated heterocycles. The van der Waals surface area contributed by atoms with Gasteiger partial charge in [0.2, 0.25) is 10.0 Å². The van der Waals surface area contributed by atoms with E-state index in [1.54, 1.807) is 35.7 Å². The molecule has 0 heterocycles. The van der Waals surface area contributed by atoms with Crippen molar-refractivity contribution in [1.29, 1.82) is 0 Å². The van der Waals surface area contributed by atoms with E-state index in [9.17, 15) is 8.42 Å². The van der Waals surface area contributed by atoms with Gasteiger partial charge in [-0.1, -0.05) is 6.42 Å². The first kappa shape index (κ1) is 15.3. The summed E-state index contributed by atoms with van der Waals surface area (Å²) < 4.78 is 32.1. The Balaban J connectivity index is 2.23. The van der Waals surface area contributed by atoms with Gasteiger partial charge in [-0.25, -0.2) is 8.42 Å². The summed E-state index contributed by atoms with van der Waals surface area (Å²) >= 11 is 0. The molecule has 5 nitrogen and oxygen atoms in total. The first-order chi connectivity index (χ1) is 9.59. The molecule has 0 atom stereocenters. The highest BCUT2D eigenvalue weighted by Gasteiger charge is 2.34. The van der Waals surface area contributed by atoms with E-state index in [4.69, 9.17) is 10.5 Å². The van der Waals surface area contributed by atoms with Crippen molar-refractivity contribution >= 4 is 10.0 Å². The van der Waals surface area contributed by atoms with E-state index < -0.39 is 10.0 Å². The number of methoxy groups -OCH3 is 1. The van der Waals surface area contributed by atoms with Crippen molar-refractivity contribution in [3.05, 3.63) is 24.3 Å². The fourth-order valence-electron chi connectivity index (χ4n) is 2.30. The molecule has 0 unspecified atom stereocenters. The van der Waals surface area contributed by atoms with E-state index in [0.717, 1.165) is 19.3 Å². The van der Waals surface area contributed by atoms with Crippen LogP contribution in [-0.4, -0.2) is 39.0 Å². The van der Waals surface area contributed by atoms with Crippen LogP contribution >= 0.6 is 0 Å². The molecule has 2 N–H and O–H groups in total. The molecule has 112 valence electrons. The second-order valence-electron chi connectivity index (χ2n) is 5.02. The Morgan fingerprint density at radius 3 is 2.40 bits per heavy atom. The Morgan fingerprint density at radius 1 is 1.30 bits per heavy atom. The second-order valence-corrected chi connectivity index (χ2v) is 6.91. The maximum Gasteiger partial charge on any atom is 0.243 e. The van der Waals surface area contributed by atoms with E-state index in [0.29, 0.717) is 30.2 Å². The van der Waals surface area contributed by atoms with E-state index in [-0.39, 0.29) is 6.04 Å². The molecular weight excluding hydrogens is 276 g/mol. The molecule has 6 heteroatoms. The van der Waals surface area contributed by atoms with Crippen LogP contribution in [0.1, 0.15) is 25.7 Å². The van der Waals surface area contributed by atoms with E-state index in [1.807, 2.05) is 0 Å². The normalized spacial score (nSPS) is 16.1. The van der Waals surface area contributed by atoms with E-state index >= 15 is 0 Å². The first-order valence-corrected chi connectivity index (χ1v) is 8.39. The van der Waals surface area contributed by atoms with Gasteiger partial charge in [-0.2, -0.15) is 4.31 Å². The lowest BCUT2D eigenvalue weighted by Gasteiger charge is -2.36. The Morgan fingerprint density at radius 2 is 1.95 bits per heavy atom. The van der Waals surface area contributed by atoms with Crippen molar-refractivity contribution in [2.24, 2.45) is 5.73 Å². The van der Waals surface area contributed by atoms with Gasteiger partial charge < -0.3 is 10.5 Å². The summed E-state index contributed by atoms with van der Waals surface area (Å²) in [6, 6.07) is 6.68. The summed E-state index contributed by atoms with van der Waals surface area (Å²) in [4.78, 5) is 0.322. The van der Waals surface area contributed by atoms with Gasteiger partial charge >= 0.3 is 0 Å². The Bertz CT molecular complexity index is 524. The minimum atomic E-state index is -3.44. The Kier molecular flexibility index (Phi) is 5.01. The zero-order valence-corrected chi connectivity index (χ0v) is 12.6. The standard InChI is InChI=1S/C14H22N2O3S/c1-19-13-6-8-14(9-7-13)20(17,18)16(11-3-10-15)12-4-2-5-12/h6-9,12H,2-5,10-11,15H2,1H3. The Labute approximate surface area is 120 Å². The number of ether oxygens (including phenoxy) is 1. The van der Waals surface area contributed by atoms with Crippen LogP contribution in [0.15, 0.2) is 29.2 Å². The predicted molar refractivity (Wildman–Crippen MR) is 78.2 cm³/mol. The average Bonchev–Trinajstić information content (AvgIpc) is 2.41. The second kappa shape index (κ2) is 6.56. The smallest absolute Gasteiger partial charge is 0.243 e. The molecule has 0 aliphatic heterocycles. The van der Waals surface area contributed by atoms with Crippen molar-refractivity contribution in [3.8, 4) is 5.75 Å². The first-order valence-electron chi connectivity index (χ1n) is 6.95. The lowest BCUT2D eigenvalue weighted by Crippen LogP contribution is -2.45. The number of hydrogen-bond donors (Lipinski definition) is 1. The van der Waals surface area contributed by atoms with Crippen LogP contribution in [0, 0.1) is 0 Å². The molecule has 0 spiro atoms. The van der Waals surface area contributed by atoms with Crippen molar-refractivity contribution in [1.82, 2.24) is 4.31 Å². The molecule has 1 aromatic carbocycles. The molecular formula is C14H22N2O3S. The summed E-state index contributed by atoms with van der Waals surface area (Å²) in [5.74, 6) is 0.654. The maximum absolute atomic E-state index is 12.7. The third-order valence-electron chi connectivity index (χ3n) is 3.73. The van der Waals surface area contributed by atoms with Gasteiger partial charge in [-0.3, -0.25) is 0 Å². The third-order valence-corrected chi connectivity index (χ3v) is 5.70. The van der Waals surface area contributed by atoms with Crippen LogP contribution in [0.4, 0.5) is 0 Å². The van der Waals surface area contributed by atoms with Gasteiger partial charge in [0.25, 0.3) is 0 Å². The van der Waals surface area contributed by atoms with E-state index in [2.05, 4.69) is 0 Å². The number of rotatable bonds is 7. The number of nitrogens with two attached hydrogens (primary N) is 1. The van der Waals surface area contributed by atoms with Gasteiger partial charge in [-0.15, -0.1) is 0 Å². The van der Waals surface area contributed by atoms with Crippen molar-refractivity contribution in [3.63, 3.8) is 0 Å². The largest absolute Gasteiger partial charge is 0.497 e. The molecule has 0 amide bonds. The van der Waals surface area contributed by atoms with Gasteiger partial charge in [0.05, 0.1) is 12.0 Å². The van der Waals surface area contributed by atoms with Gasteiger partial charge in [-0.05, 0) is 50.1 Å². The van der Waals surface area contributed by atoms with Crippen molar-refractivity contribution in [2.45, 2.75) is 36.6 Å². The van der Waals surface area contributed by atoms with Crippen LogP contribution in [0.25, 0.3) is 0 Å². The topological polar surface area (TPSA) is 72.6 Å². The lowest BCUT2D eigenvalue weighted by atomic mass is 9.93. The van der Waals surface area contributed by atoms with Crippen LogP contribution in [0.3, 0.4) is 0 Å². The van der Waals surface area contributed by atoms with Gasteiger partial charge in [0.1, 0.15) is 5.75 Å². The zero-order valence-electron chi connectivity index (χ0n) is 11.8. The maximum atomic E-state index is 12.7. The van der Waals surface area contributed by atoms with Crippen molar-refractivity contribution < 1.29 is 13.2 Å². The predicted octanol–water partition coefficient (Wildman–Crippen LogP) is 1.59. The van der Waals surface area contributed by atoms with Crippen LogP contribution < -0.4 is 10.5 Å². The fourth-order valence-corrected chi connectivity index (χ4v) is 4.03. The molecule has 1 aliphatic rings. The monoisotopic (exact) mass is 298 g/mol. The number of benzene rings is 1. The minimum absolute atomic E-state index is 0.133. The lowest BCUT2D eigenvalue weighted by molar-refractivity contribution is 0.218. The third kappa shape index (κ3) is 3.13. The van der Waals surface area contributed by atoms with Gasteiger partial charge in [0, 0.05) is 12.6 Å². The molecule has 20 heavy (non-hydrogen) atoms. The van der Waals surface area contributed by atoms with Crippen LogP contribution in [0.5, 0.6) is 5.75 Å². The highest BCUT2D eigenvalue weighted by atomic mass is 32.2. The highest BCUT2D eigenvalue weighted by molar-refractivity contribution is 7.89. The summed E-state index contributed by atoms with van der Waals surface area (Å²) in [5.41, 5.74) is 5.52. The van der Waals surface area contributed by atoms with E-state index in [1.165, 1.54) is 0 Å².